The molecule has 118 valence electrons. The largest absolute Gasteiger partial charge is 0.482 e. The molecular formula is C13H16ClF3N2O2. The Balaban J connectivity index is 2.46. The molecule has 0 saturated heterocycles. The second-order valence-electron chi connectivity index (χ2n) is 4.23. The molecule has 21 heavy (non-hydrogen) atoms. The Morgan fingerprint density at radius 2 is 2.10 bits per heavy atom. The van der Waals surface area contributed by atoms with Crippen molar-refractivity contribution in [1.29, 1.82) is 0 Å². The number of ether oxygens (including phenoxy) is 1. The molecule has 0 aromatic heterocycles. The highest BCUT2D eigenvalue weighted by molar-refractivity contribution is 6.32. The maximum atomic E-state index is 11.9. The lowest BCUT2D eigenvalue weighted by molar-refractivity contribution is -0.139. The van der Waals surface area contributed by atoms with Gasteiger partial charge in [0.05, 0.1) is 5.02 Å². The van der Waals surface area contributed by atoms with Crippen LogP contribution in [0.2, 0.25) is 5.02 Å². The highest BCUT2D eigenvalue weighted by Gasteiger charge is 2.27. The maximum absolute atomic E-state index is 11.9. The van der Waals surface area contributed by atoms with E-state index in [1.807, 2.05) is 6.92 Å². The highest BCUT2D eigenvalue weighted by Crippen LogP contribution is 2.25. The van der Waals surface area contributed by atoms with Crippen molar-refractivity contribution in [2.45, 2.75) is 19.6 Å². The predicted molar refractivity (Wildman–Crippen MR) is 73.4 cm³/mol. The molecule has 1 amide bonds. The van der Waals surface area contributed by atoms with Crippen molar-refractivity contribution in [3.05, 3.63) is 28.8 Å². The molecule has 1 aromatic rings. The van der Waals surface area contributed by atoms with Crippen LogP contribution < -0.4 is 15.4 Å². The minimum absolute atomic E-state index is 0.249. The molecule has 0 atom stereocenters. The van der Waals surface area contributed by atoms with Gasteiger partial charge in [-0.25, -0.2) is 0 Å². The van der Waals surface area contributed by atoms with Gasteiger partial charge in [-0.2, -0.15) is 13.2 Å². The Labute approximate surface area is 125 Å². The van der Waals surface area contributed by atoms with Crippen LogP contribution in [0.3, 0.4) is 0 Å². The summed E-state index contributed by atoms with van der Waals surface area (Å²) in [7, 11) is 0. The normalized spacial score (nSPS) is 11.3. The van der Waals surface area contributed by atoms with Crippen LogP contribution in [-0.2, 0) is 11.3 Å². The van der Waals surface area contributed by atoms with Gasteiger partial charge >= 0.3 is 6.18 Å². The topological polar surface area (TPSA) is 50.4 Å². The van der Waals surface area contributed by atoms with Gasteiger partial charge in [-0.1, -0.05) is 24.6 Å². The first kappa shape index (κ1) is 17.6. The fourth-order valence-electron chi connectivity index (χ4n) is 1.43. The zero-order valence-electron chi connectivity index (χ0n) is 11.4. The Bertz CT molecular complexity index is 481. The van der Waals surface area contributed by atoms with Crippen LogP contribution in [0.15, 0.2) is 18.2 Å². The lowest BCUT2D eigenvalue weighted by Crippen LogP contribution is -2.36. The highest BCUT2D eigenvalue weighted by atomic mass is 35.5. The SMILES string of the molecule is CCNCc1ccc(OCC(=O)NCC(F)(F)F)c(Cl)c1. The van der Waals surface area contributed by atoms with Gasteiger partial charge in [0.1, 0.15) is 12.3 Å². The molecule has 0 unspecified atom stereocenters. The summed E-state index contributed by atoms with van der Waals surface area (Å²) in [5.74, 6) is -0.612. The molecule has 1 rings (SSSR count). The minimum atomic E-state index is -4.44. The van der Waals surface area contributed by atoms with Gasteiger partial charge in [0, 0.05) is 6.54 Å². The number of alkyl halides is 3. The molecule has 0 spiro atoms. The molecule has 0 bridgehead atoms. The van der Waals surface area contributed by atoms with Crippen molar-refractivity contribution in [1.82, 2.24) is 10.6 Å². The van der Waals surface area contributed by atoms with Crippen LogP contribution in [0.4, 0.5) is 13.2 Å². The molecule has 0 fully saturated rings. The van der Waals surface area contributed by atoms with E-state index in [1.54, 1.807) is 23.5 Å². The van der Waals surface area contributed by atoms with Gasteiger partial charge in [0.25, 0.3) is 5.91 Å². The number of benzene rings is 1. The van der Waals surface area contributed by atoms with Gasteiger partial charge in [0.15, 0.2) is 6.61 Å². The summed E-state index contributed by atoms with van der Waals surface area (Å²) >= 11 is 5.98. The van der Waals surface area contributed by atoms with Crippen molar-refractivity contribution in [2.75, 3.05) is 19.7 Å². The van der Waals surface area contributed by atoms with Crippen molar-refractivity contribution < 1.29 is 22.7 Å². The number of amides is 1. The molecule has 0 radical (unpaired) electrons. The lowest BCUT2D eigenvalue weighted by atomic mass is 10.2. The quantitative estimate of drug-likeness (QED) is 0.810. The van der Waals surface area contributed by atoms with E-state index in [4.69, 9.17) is 16.3 Å². The smallest absolute Gasteiger partial charge is 0.405 e. The van der Waals surface area contributed by atoms with E-state index in [0.717, 1.165) is 12.1 Å². The monoisotopic (exact) mass is 324 g/mol. The van der Waals surface area contributed by atoms with Crippen LogP contribution in [0.25, 0.3) is 0 Å². The van der Waals surface area contributed by atoms with E-state index in [1.165, 1.54) is 0 Å². The van der Waals surface area contributed by atoms with Gasteiger partial charge in [-0.05, 0) is 24.2 Å². The second kappa shape index (κ2) is 8.09. The van der Waals surface area contributed by atoms with E-state index in [9.17, 15) is 18.0 Å². The number of carbonyl (C=O) groups is 1. The third kappa shape index (κ3) is 7.19. The summed E-state index contributed by atoms with van der Waals surface area (Å²) in [4.78, 5) is 11.2. The molecule has 0 aliphatic carbocycles. The van der Waals surface area contributed by atoms with E-state index in [-0.39, 0.29) is 5.75 Å². The predicted octanol–water partition coefficient (Wildman–Crippen LogP) is 2.51. The summed E-state index contributed by atoms with van der Waals surface area (Å²) in [5, 5.41) is 5.13. The summed E-state index contributed by atoms with van der Waals surface area (Å²) in [6.45, 7) is 1.52. The maximum Gasteiger partial charge on any atom is 0.405 e. The van der Waals surface area contributed by atoms with Crippen LogP contribution in [0.1, 0.15) is 12.5 Å². The summed E-state index contributed by atoms with van der Waals surface area (Å²) in [6, 6.07) is 5.01. The number of rotatable bonds is 7. The van der Waals surface area contributed by atoms with Crippen molar-refractivity contribution in [3.63, 3.8) is 0 Å². The number of nitrogens with one attached hydrogen (secondary N) is 2. The number of halogens is 4. The van der Waals surface area contributed by atoms with E-state index < -0.39 is 25.2 Å². The fourth-order valence-corrected chi connectivity index (χ4v) is 1.69. The summed E-state index contributed by atoms with van der Waals surface area (Å²) < 4.78 is 40.8. The molecule has 0 aliphatic heterocycles. The first-order valence-corrected chi connectivity index (χ1v) is 6.65. The lowest BCUT2D eigenvalue weighted by Gasteiger charge is -2.11. The van der Waals surface area contributed by atoms with Crippen LogP contribution in [0, 0.1) is 0 Å². The van der Waals surface area contributed by atoms with Crippen molar-refractivity contribution in [3.8, 4) is 5.75 Å². The first-order valence-electron chi connectivity index (χ1n) is 6.27. The van der Waals surface area contributed by atoms with Gasteiger partial charge < -0.3 is 15.4 Å². The molecule has 4 nitrogen and oxygen atoms in total. The fraction of sp³-hybridized carbons (Fsp3) is 0.462. The standard InChI is InChI=1S/C13H16ClF3N2O2/c1-2-18-6-9-3-4-11(10(14)5-9)21-7-12(20)19-8-13(15,16)17/h3-5,18H,2,6-8H2,1H3,(H,19,20). The zero-order chi connectivity index (χ0) is 15.9. The molecule has 2 N–H and O–H groups in total. The van der Waals surface area contributed by atoms with Gasteiger partial charge in [-0.3, -0.25) is 4.79 Å². The average Bonchev–Trinajstić information content (AvgIpc) is 2.41. The van der Waals surface area contributed by atoms with Crippen molar-refractivity contribution >= 4 is 17.5 Å². The molecular weight excluding hydrogens is 309 g/mol. The van der Waals surface area contributed by atoms with Crippen LogP contribution in [0.5, 0.6) is 5.75 Å². The Morgan fingerprint density at radius 3 is 2.67 bits per heavy atom. The van der Waals surface area contributed by atoms with Gasteiger partial charge in [0.2, 0.25) is 0 Å². The van der Waals surface area contributed by atoms with E-state index >= 15 is 0 Å². The Hall–Kier alpha value is -1.47. The second-order valence-corrected chi connectivity index (χ2v) is 4.63. The van der Waals surface area contributed by atoms with Gasteiger partial charge in [-0.15, -0.1) is 0 Å². The first-order chi connectivity index (χ1) is 9.81. The summed E-state index contributed by atoms with van der Waals surface area (Å²) in [5.41, 5.74) is 0.940. The zero-order valence-corrected chi connectivity index (χ0v) is 12.1. The summed E-state index contributed by atoms with van der Waals surface area (Å²) in [6.07, 6.45) is -4.44. The number of hydrogen-bond donors (Lipinski definition) is 2. The third-order valence-electron chi connectivity index (χ3n) is 2.42. The molecule has 8 heteroatoms. The number of carbonyl (C=O) groups excluding carboxylic acids is 1. The average molecular weight is 325 g/mol. The van der Waals surface area contributed by atoms with E-state index in [2.05, 4.69) is 5.32 Å². The molecule has 0 aliphatic rings. The van der Waals surface area contributed by atoms with E-state index in [0.29, 0.717) is 11.6 Å². The van der Waals surface area contributed by atoms with Crippen LogP contribution in [-0.4, -0.2) is 31.8 Å². The third-order valence-corrected chi connectivity index (χ3v) is 2.72. The molecule has 1 aromatic carbocycles. The molecule has 0 saturated carbocycles. The van der Waals surface area contributed by atoms with Crippen LogP contribution >= 0.6 is 11.6 Å². The Kier molecular flexibility index (Phi) is 6.77. The number of hydrogen-bond acceptors (Lipinski definition) is 3. The minimum Gasteiger partial charge on any atom is -0.482 e. The Morgan fingerprint density at radius 1 is 1.38 bits per heavy atom. The molecule has 0 heterocycles. The van der Waals surface area contributed by atoms with Crippen molar-refractivity contribution in [2.24, 2.45) is 0 Å².